The average molecular weight is 584 g/mol. The van der Waals surface area contributed by atoms with Gasteiger partial charge in [-0.3, -0.25) is 4.79 Å². The first kappa shape index (κ1) is 29.8. The predicted molar refractivity (Wildman–Crippen MR) is 170 cm³/mol. The van der Waals surface area contributed by atoms with E-state index in [1.807, 2.05) is 79.7 Å². The van der Waals surface area contributed by atoms with Gasteiger partial charge in [0.15, 0.2) is 5.13 Å². The number of benzene rings is 3. The second kappa shape index (κ2) is 14.5. The molecule has 1 atom stereocenters. The zero-order valence-corrected chi connectivity index (χ0v) is 24.9. The van der Waals surface area contributed by atoms with E-state index in [0.29, 0.717) is 0 Å². The number of aromatic nitrogens is 1. The van der Waals surface area contributed by atoms with E-state index in [0.717, 1.165) is 26.7 Å². The number of allylic oxidation sites excluding steroid dienone is 2. The molecule has 4 rings (SSSR count). The second-order valence-electron chi connectivity index (χ2n) is 9.33. The summed E-state index contributed by atoms with van der Waals surface area (Å²) >= 11 is 3.14. The lowest BCUT2D eigenvalue weighted by Gasteiger charge is -2.36. The van der Waals surface area contributed by atoms with Gasteiger partial charge in [-0.15, -0.1) is 11.8 Å². The van der Waals surface area contributed by atoms with E-state index < -0.39 is 16.8 Å². The van der Waals surface area contributed by atoms with Crippen LogP contribution in [0.3, 0.4) is 0 Å². The summed E-state index contributed by atoms with van der Waals surface area (Å²) in [7, 11) is 5.22. The fourth-order valence-electron chi connectivity index (χ4n) is 4.36. The minimum absolute atomic E-state index is 0.287. The number of methoxy groups -OCH3 is 1. The van der Waals surface area contributed by atoms with Gasteiger partial charge in [-0.2, -0.15) is 0 Å². The van der Waals surface area contributed by atoms with Gasteiger partial charge in [0.1, 0.15) is 6.04 Å². The van der Waals surface area contributed by atoms with Crippen molar-refractivity contribution in [2.75, 3.05) is 31.9 Å². The van der Waals surface area contributed by atoms with Gasteiger partial charge in [0.05, 0.1) is 11.9 Å². The van der Waals surface area contributed by atoms with Crippen molar-refractivity contribution in [3.8, 4) is 0 Å². The molecule has 0 bridgehead atoms. The van der Waals surface area contributed by atoms with Crippen molar-refractivity contribution in [2.45, 2.75) is 10.8 Å². The summed E-state index contributed by atoms with van der Waals surface area (Å²) in [5.41, 5.74) is 3.22. The number of hydrogen-bond acceptors (Lipinski definition) is 7. The van der Waals surface area contributed by atoms with Crippen LogP contribution in [0.4, 0.5) is 5.13 Å². The number of rotatable bonds is 12. The Kier molecular flexibility index (Phi) is 10.5. The third-order valence-corrected chi connectivity index (χ3v) is 9.09. The number of carbonyl (C=O) groups excluding carboxylic acids is 2. The smallest absolute Gasteiger partial charge is 0.329 e. The van der Waals surface area contributed by atoms with Crippen molar-refractivity contribution in [2.24, 2.45) is 0 Å². The number of hydrogen-bond donors (Lipinski definition) is 1. The van der Waals surface area contributed by atoms with E-state index in [-0.39, 0.29) is 11.7 Å². The van der Waals surface area contributed by atoms with Gasteiger partial charge in [-0.1, -0.05) is 114 Å². The zero-order valence-electron chi connectivity index (χ0n) is 23.3. The van der Waals surface area contributed by atoms with Crippen LogP contribution in [0.2, 0.25) is 0 Å². The van der Waals surface area contributed by atoms with Crippen molar-refractivity contribution in [1.82, 2.24) is 10.3 Å². The molecule has 1 amide bonds. The van der Waals surface area contributed by atoms with Gasteiger partial charge >= 0.3 is 5.97 Å². The van der Waals surface area contributed by atoms with Gasteiger partial charge in [0.25, 0.3) is 0 Å². The van der Waals surface area contributed by atoms with E-state index in [2.05, 4.69) is 46.7 Å². The maximum absolute atomic E-state index is 12.8. The van der Waals surface area contributed by atoms with Crippen molar-refractivity contribution in [1.29, 1.82) is 0 Å². The third-order valence-electron chi connectivity index (χ3n) is 6.32. The predicted octanol–water partition coefficient (Wildman–Crippen LogP) is 6.16. The Morgan fingerprint density at radius 2 is 1.46 bits per heavy atom. The molecule has 0 fully saturated rings. The maximum atomic E-state index is 12.8. The molecule has 4 aromatic rings. The maximum Gasteiger partial charge on any atom is 0.329 e. The zero-order chi connectivity index (χ0) is 29.1. The number of nitrogens with zero attached hydrogens (tertiary/aromatic N) is 2. The normalized spacial score (nSPS) is 12.4. The second-order valence-corrected chi connectivity index (χ2v) is 11.6. The molecule has 0 aliphatic carbocycles. The molecule has 0 saturated heterocycles. The van der Waals surface area contributed by atoms with Crippen LogP contribution in [-0.2, 0) is 19.1 Å². The van der Waals surface area contributed by atoms with E-state index in [1.54, 1.807) is 41.4 Å². The van der Waals surface area contributed by atoms with Crippen LogP contribution in [-0.4, -0.2) is 49.9 Å². The Hall–Kier alpha value is -4.14. The minimum Gasteiger partial charge on any atom is -0.467 e. The van der Waals surface area contributed by atoms with Crippen LogP contribution in [0.15, 0.2) is 115 Å². The summed E-state index contributed by atoms with van der Waals surface area (Å²) < 4.78 is 4.46. The lowest BCUT2D eigenvalue weighted by Crippen LogP contribution is -2.43. The highest BCUT2D eigenvalue weighted by Gasteiger charge is 2.38. The molecule has 6 nitrogen and oxygen atoms in total. The Bertz CT molecular complexity index is 1370. The summed E-state index contributed by atoms with van der Waals surface area (Å²) in [5, 5.41) is 3.75. The van der Waals surface area contributed by atoms with Crippen molar-refractivity contribution in [3.05, 3.63) is 137 Å². The number of thiazole rings is 1. The van der Waals surface area contributed by atoms with Gasteiger partial charge in [0, 0.05) is 37.0 Å². The number of carbonyl (C=O) groups is 2. The van der Waals surface area contributed by atoms with Crippen LogP contribution in [0.25, 0.3) is 6.08 Å². The van der Waals surface area contributed by atoms with E-state index >= 15 is 0 Å². The van der Waals surface area contributed by atoms with Crippen molar-refractivity contribution >= 4 is 46.2 Å². The fraction of sp³-hybridized carbons (Fsp3) is 0.182. The first-order chi connectivity index (χ1) is 19.9. The van der Waals surface area contributed by atoms with Gasteiger partial charge in [0.2, 0.25) is 5.91 Å². The molecule has 0 radical (unpaired) electrons. The van der Waals surface area contributed by atoms with E-state index in [9.17, 15) is 9.59 Å². The molecular formula is C33H33N3O3S2. The summed E-state index contributed by atoms with van der Waals surface area (Å²) in [5.74, 6) is -0.595. The fourth-order valence-corrected chi connectivity index (χ4v) is 6.66. The Morgan fingerprint density at radius 3 is 1.93 bits per heavy atom. The molecule has 0 aliphatic heterocycles. The molecule has 3 aromatic carbocycles. The van der Waals surface area contributed by atoms with Gasteiger partial charge in [-0.25, -0.2) is 9.78 Å². The Morgan fingerprint density at radius 1 is 0.927 bits per heavy atom. The van der Waals surface area contributed by atoms with Crippen molar-refractivity contribution in [3.63, 3.8) is 0 Å². The monoisotopic (exact) mass is 583 g/mol. The van der Waals surface area contributed by atoms with Crippen LogP contribution in [0, 0.1) is 0 Å². The van der Waals surface area contributed by atoms with Gasteiger partial charge in [-0.05, 0) is 22.8 Å². The van der Waals surface area contributed by atoms with Crippen molar-refractivity contribution < 1.29 is 14.3 Å². The number of ether oxygens (including phenoxy) is 1. The summed E-state index contributed by atoms with van der Waals surface area (Å²) in [6, 6.07) is 29.8. The highest BCUT2D eigenvalue weighted by atomic mass is 32.2. The summed E-state index contributed by atoms with van der Waals surface area (Å²) in [6.07, 6.45) is 8.50. The first-order valence-electron chi connectivity index (χ1n) is 13.1. The van der Waals surface area contributed by atoms with Crippen LogP contribution >= 0.6 is 23.1 Å². The third kappa shape index (κ3) is 7.54. The molecule has 1 aromatic heterocycles. The standard InChI is InChI=1S/C33H33N3O3S2/c1-36(2)32-34-23-28(41-32)21-13-14-22-30(37)35-29(31(38)39-3)24-40-33(25-15-7-4-8-16-25,26-17-9-5-10-18-26)27-19-11-6-12-20-27/h4-23,29H,24H2,1-3H3,(H,35,37)/b21-13+,22-14+/t29-/m1/s1. The first-order valence-corrected chi connectivity index (χ1v) is 14.9. The highest BCUT2D eigenvalue weighted by molar-refractivity contribution is 8.00. The Balaban J connectivity index is 1.57. The molecule has 8 heteroatoms. The molecule has 0 aliphatic rings. The van der Waals surface area contributed by atoms with Crippen LogP contribution in [0.1, 0.15) is 21.6 Å². The largest absolute Gasteiger partial charge is 0.467 e. The molecule has 1 N–H and O–H groups in total. The topological polar surface area (TPSA) is 71.5 Å². The van der Waals surface area contributed by atoms with Gasteiger partial charge < -0.3 is 15.0 Å². The summed E-state index contributed by atoms with van der Waals surface area (Å²) in [6.45, 7) is 0. The Labute approximate surface area is 249 Å². The van der Waals surface area contributed by atoms with E-state index in [4.69, 9.17) is 4.74 Å². The molecule has 0 saturated carbocycles. The minimum atomic E-state index is -0.856. The number of esters is 1. The lowest BCUT2D eigenvalue weighted by atomic mass is 9.84. The molecular weight excluding hydrogens is 551 g/mol. The van der Waals surface area contributed by atoms with E-state index in [1.165, 1.54) is 13.2 Å². The number of anilines is 1. The molecule has 0 unspecified atom stereocenters. The quantitative estimate of drug-likeness (QED) is 0.0932. The number of thioether (sulfide) groups is 1. The highest BCUT2D eigenvalue weighted by Crippen LogP contribution is 2.48. The van der Waals surface area contributed by atoms with Crippen LogP contribution in [0.5, 0.6) is 0 Å². The number of amides is 1. The SMILES string of the molecule is COC(=O)[C@@H](CSC(c1ccccc1)(c1ccccc1)c1ccccc1)NC(=O)/C=C/C=C/c1cnc(N(C)C)s1. The molecule has 0 spiro atoms. The summed E-state index contributed by atoms with van der Waals surface area (Å²) in [4.78, 5) is 33.0. The average Bonchev–Trinajstić information content (AvgIpc) is 3.50. The molecule has 1 heterocycles. The number of nitrogens with one attached hydrogen (secondary N) is 1. The lowest BCUT2D eigenvalue weighted by molar-refractivity contribution is -0.143. The van der Waals surface area contributed by atoms with Crippen LogP contribution < -0.4 is 10.2 Å². The molecule has 210 valence electrons. The molecule has 41 heavy (non-hydrogen) atoms.